The molecular weight excluding hydrogens is 274 g/mol. The highest BCUT2D eigenvalue weighted by Gasteiger charge is 2.26. The maximum absolute atomic E-state index is 12.3. The van der Waals surface area contributed by atoms with Gasteiger partial charge in [-0.15, -0.1) is 0 Å². The third kappa shape index (κ3) is 3.07. The first kappa shape index (κ1) is 14.1. The second-order valence-electron chi connectivity index (χ2n) is 5.86. The molecule has 2 aliphatic rings. The van der Waals surface area contributed by atoms with Crippen molar-refractivity contribution in [3.05, 3.63) is 18.0 Å². The normalized spacial score (nSPS) is 20.1. The Morgan fingerprint density at radius 3 is 2.55 bits per heavy atom. The number of sulfonamides is 1. The molecule has 0 unspecified atom stereocenters. The van der Waals surface area contributed by atoms with Gasteiger partial charge in [-0.1, -0.05) is 6.42 Å². The van der Waals surface area contributed by atoms with Gasteiger partial charge < -0.3 is 9.88 Å². The maximum atomic E-state index is 12.3. The zero-order valence-corrected chi connectivity index (χ0v) is 12.7. The molecule has 6 heteroatoms. The minimum absolute atomic E-state index is 0.137. The van der Waals surface area contributed by atoms with Gasteiger partial charge in [0.15, 0.2) is 0 Å². The Morgan fingerprint density at radius 1 is 1.25 bits per heavy atom. The third-order valence-electron chi connectivity index (χ3n) is 4.19. The fourth-order valence-corrected chi connectivity index (χ4v) is 3.83. The van der Waals surface area contributed by atoms with Crippen LogP contribution in [0.2, 0.25) is 0 Å². The van der Waals surface area contributed by atoms with E-state index >= 15 is 0 Å². The lowest BCUT2D eigenvalue weighted by Crippen LogP contribution is -2.39. The van der Waals surface area contributed by atoms with E-state index in [-0.39, 0.29) is 6.04 Å². The van der Waals surface area contributed by atoms with E-state index in [9.17, 15) is 8.42 Å². The number of rotatable bonds is 7. The van der Waals surface area contributed by atoms with Gasteiger partial charge >= 0.3 is 0 Å². The molecule has 0 aromatic carbocycles. The van der Waals surface area contributed by atoms with Crippen molar-refractivity contribution in [2.75, 3.05) is 0 Å². The lowest BCUT2D eigenvalue weighted by Gasteiger charge is -2.25. The second-order valence-corrected chi connectivity index (χ2v) is 7.57. The van der Waals surface area contributed by atoms with Crippen molar-refractivity contribution in [2.45, 2.75) is 69.1 Å². The maximum Gasteiger partial charge on any atom is 0.242 e. The topological polar surface area (TPSA) is 63.1 Å². The molecule has 20 heavy (non-hydrogen) atoms. The summed E-state index contributed by atoms with van der Waals surface area (Å²) in [6, 6.07) is 2.57. The minimum Gasteiger partial charge on any atom is -0.349 e. The first-order valence-electron chi connectivity index (χ1n) is 7.53. The Morgan fingerprint density at radius 2 is 2.00 bits per heavy atom. The molecule has 2 fully saturated rings. The molecule has 0 spiro atoms. The van der Waals surface area contributed by atoms with Crippen molar-refractivity contribution in [3.63, 3.8) is 0 Å². The van der Waals surface area contributed by atoms with E-state index in [1.807, 2.05) is 11.5 Å². The molecule has 5 nitrogen and oxygen atoms in total. The lowest BCUT2D eigenvalue weighted by atomic mass is 9.94. The van der Waals surface area contributed by atoms with E-state index in [0.29, 0.717) is 10.9 Å². The van der Waals surface area contributed by atoms with Crippen LogP contribution in [0.1, 0.15) is 44.7 Å². The summed E-state index contributed by atoms with van der Waals surface area (Å²) in [5, 5.41) is 3.44. The van der Waals surface area contributed by atoms with E-state index in [4.69, 9.17) is 0 Å². The van der Waals surface area contributed by atoms with Gasteiger partial charge in [0.05, 0.1) is 4.90 Å². The predicted octanol–water partition coefficient (Wildman–Crippen LogP) is 1.59. The van der Waals surface area contributed by atoms with E-state index in [1.54, 1.807) is 12.3 Å². The van der Waals surface area contributed by atoms with Crippen LogP contribution in [-0.4, -0.2) is 25.1 Å². The van der Waals surface area contributed by atoms with Crippen molar-refractivity contribution >= 4 is 10.0 Å². The molecule has 1 aromatic heterocycles. The summed E-state index contributed by atoms with van der Waals surface area (Å²) in [5.74, 6) is 0. The number of nitrogens with one attached hydrogen (secondary N) is 2. The number of hydrogen-bond donors (Lipinski definition) is 2. The van der Waals surface area contributed by atoms with E-state index in [2.05, 4.69) is 10.0 Å². The summed E-state index contributed by atoms with van der Waals surface area (Å²) in [6.45, 7) is 3.58. The molecule has 0 aliphatic heterocycles. The Balaban J connectivity index is 1.74. The standard InChI is InChI=1S/C14H23N3O2S/c1-2-17-10-14(8-13(17)9-15-11-6-7-11)20(18,19)16-12-4-3-5-12/h8,10-12,15-16H,2-7,9H2,1H3. The lowest BCUT2D eigenvalue weighted by molar-refractivity contribution is 0.383. The summed E-state index contributed by atoms with van der Waals surface area (Å²) in [6.07, 6.45) is 7.28. The molecule has 0 atom stereocenters. The average Bonchev–Trinajstić information content (AvgIpc) is 3.10. The van der Waals surface area contributed by atoms with Gasteiger partial charge in [0.2, 0.25) is 10.0 Å². The predicted molar refractivity (Wildman–Crippen MR) is 77.9 cm³/mol. The first-order valence-corrected chi connectivity index (χ1v) is 9.01. The van der Waals surface area contributed by atoms with E-state index in [0.717, 1.165) is 38.0 Å². The van der Waals surface area contributed by atoms with Crippen molar-refractivity contribution in [3.8, 4) is 0 Å². The fraction of sp³-hybridized carbons (Fsp3) is 0.714. The number of nitrogens with zero attached hydrogens (tertiary/aromatic N) is 1. The van der Waals surface area contributed by atoms with Crippen molar-refractivity contribution in [1.82, 2.24) is 14.6 Å². The fourth-order valence-electron chi connectivity index (χ4n) is 2.46. The zero-order chi connectivity index (χ0) is 14.2. The van der Waals surface area contributed by atoms with Crippen LogP contribution in [0.4, 0.5) is 0 Å². The van der Waals surface area contributed by atoms with Crippen LogP contribution in [0, 0.1) is 0 Å². The molecule has 3 rings (SSSR count). The summed E-state index contributed by atoms with van der Waals surface area (Å²) in [7, 11) is -3.35. The molecule has 2 aliphatic carbocycles. The number of aryl methyl sites for hydroxylation is 1. The molecular formula is C14H23N3O2S. The van der Waals surface area contributed by atoms with Crippen molar-refractivity contribution < 1.29 is 8.42 Å². The third-order valence-corrected chi connectivity index (χ3v) is 5.68. The smallest absolute Gasteiger partial charge is 0.242 e. The molecule has 2 saturated carbocycles. The van der Waals surface area contributed by atoms with E-state index in [1.165, 1.54) is 12.8 Å². The van der Waals surface area contributed by atoms with Crippen molar-refractivity contribution in [1.29, 1.82) is 0 Å². The van der Waals surface area contributed by atoms with Gasteiger partial charge in [0.1, 0.15) is 0 Å². The molecule has 2 N–H and O–H groups in total. The molecule has 0 bridgehead atoms. The molecule has 0 amide bonds. The van der Waals surface area contributed by atoms with Crippen LogP contribution in [-0.2, 0) is 23.1 Å². The summed E-state index contributed by atoms with van der Waals surface area (Å²) < 4.78 is 29.5. The van der Waals surface area contributed by atoms with Gasteiger partial charge in [-0.05, 0) is 38.7 Å². The SMILES string of the molecule is CCn1cc(S(=O)(=O)NC2CCC2)cc1CNC1CC1. The molecule has 1 heterocycles. The molecule has 1 aromatic rings. The van der Waals surface area contributed by atoms with Crippen molar-refractivity contribution in [2.24, 2.45) is 0 Å². The highest BCUT2D eigenvalue weighted by Crippen LogP contribution is 2.23. The Hall–Kier alpha value is -0.850. The highest BCUT2D eigenvalue weighted by molar-refractivity contribution is 7.89. The number of hydrogen-bond acceptors (Lipinski definition) is 3. The molecule has 0 radical (unpaired) electrons. The molecule has 112 valence electrons. The van der Waals surface area contributed by atoms with Crippen LogP contribution in [0.25, 0.3) is 0 Å². The van der Waals surface area contributed by atoms with Crippen LogP contribution in [0.5, 0.6) is 0 Å². The average molecular weight is 297 g/mol. The Bertz CT molecular complexity index is 571. The van der Waals surface area contributed by atoms with E-state index < -0.39 is 10.0 Å². The van der Waals surface area contributed by atoms with Gasteiger partial charge in [-0.2, -0.15) is 0 Å². The summed E-state index contributed by atoms with van der Waals surface area (Å²) in [4.78, 5) is 0.402. The van der Waals surface area contributed by atoms with Gasteiger partial charge in [0.25, 0.3) is 0 Å². The summed E-state index contributed by atoms with van der Waals surface area (Å²) >= 11 is 0. The largest absolute Gasteiger partial charge is 0.349 e. The molecule has 0 saturated heterocycles. The summed E-state index contributed by atoms with van der Waals surface area (Å²) in [5.41, 5.74) is 1.05. The Kier molecular flexibility index (Phi) is 3.88. The van der Waals surface area contributed by atoms with Crippen LogP contribution >= 0.6 is 0 Å². The minimum atomic E-state index is -3.35. The van der Waals surface area contributed by atoms with Crippen LogP contribution in [0.15, 0.2) is 17.2 Å². The Labute approximate surface area is 120 Å². The monoisotopic (exact) mass is 297 g/mol. The quantitative estimate of drug-likeness (QED) is 0.803. The first-order chi connectivity index (χ1) is 9.58. The van der Waals surface area contributed by atoms with Gasteiger partial charge in [0, 0.05) is 37.1 Å². The second kappa shape index (κ2) is 5.50. The zero-order valence-electron chi connectivity index (χ0n) is 11.9. The van der Waals surface area contributed by atoms with Crippen LogP contribution < -0.4 is 10.0 Å². The van der Waals surface area contributed by atoms with Crippen LogP contribution in [0.3, 0.4) is 0 Å². The highest BCUT2D eigenvalue weighted by atomic mass is 32.2. The van der Waals surface area contributed by atoms with Gasteiger partial charge in [-0.3, -0.25) is 0 Å². The van der Waals surface area contributed by atoms with Gasteiger partial charge in [-0.25, -0.2) is 13.1 Å². The number of aromatic nitrogens is 1.